The molecule has 25 heavy (non-hydrogen) atoms. The molecule has 0 bridgehead atoms. The van der Waals surface area contributed by atoms with Crippen molar-refractivity contribution in [2.45, 2.75) is 44.9 Å². The molecule has 1 aliphatic carbocycles. The van der Waals surface area contributed by atoms with Crippen molar-refractivity contribution in [3.8, 4) is 0 Å². The Labute approximate surface area is 149 Å². The van der Waals surface area contributed by atoms with Crippen molar-refractivity contribution in [2.24, 2.45) is 5.92 Å². The number of fused-ring (bicyclic) bond motifs is 2. The molecule has 0 saturated heterocycles. The number of carbonyl (C=O) groups excluding carboxylic acids is 1. The summed E-state index contributed by atoms with van der Waals surface area (Å²) in [4.78, 5) is 26.4. The fraction of sp³-hybridized carbons (Fsp3) is 0.550. The number of para-hydroxylation sites is 2. The van der Waals surface area contributed by atoms with Gasteiger partial charge in [0.25, 0.3) is 0 Å². The number of amides is 1. The van der Waals surface area contributed by atoms with Gasteiger partial charge in [0, 0.05) is 26.6 Å². The highest BCUT2D eigenvalue weighted by Gasteiger charge is 2.28. The zero-order valence-electron chi connectivity index (χ0n) is 14.9. The Morgan fingerprint density at radius 2 is 1.72 bits per heavy atom. The Hall–Kier alpha value is -2.17. The Morgan fingerprint density at radius 3 is 2.44 bits per heavy atom. The summed E-state index contributed by atoms with van der Waals surface area (Å²) in [6.45, 7) is 1.50. The summed E-state index contributed by atoms with van der Waals surface area (Å²) in [5.41, 5.74) is 1.73. The Kier molecular flexibility index (Phi) is 4.55. The molecule has 2 heterocycles. The lowest BCUT2D eigenvalue weighted by Crippen LogP contribution is -2.43. The average Bonchev–Trinajstić information content (AvgIpc) is 2.66. The zero-order valence-corrected chi connectivity index (χ0v) is 14.9. The summed E-state index contributed by atoms with van der Waals surface area (Å²) in [7, 11) is 2.02. The minimum absolute atomic E-state index is 0.199. The maximum atomic E-state index is 12.9. The molecule has 132 valence electrons. The summed E-state index contributed by atoms with van der Waals surface area (Å²) in [6.07, 6.45) is 8.23. The maximum Gasteiger partial charge on any atom is 0.228 e. The van der Waals surface area contributed by atoms with Crippen LogP contribution in [0.3, 0.4) is 0 Å². The van der Waals surface area contributed by atoms with E-state index in [-0.39, 0.29) is 5.91 Å². The first-order valence-corrected chi connectivity index (χ1v) is 9.50. The predicted molar refractivity (Wildman–Crippen MR) is 101 cm³/mol. The van der Waals surface area contributed by atoms with Crippen LogP contribution >= 0.6 is 0 Å². The van der Waals surface area contributed by atoms with Gasteiger partial charge in [-0.25, -0.2) is 9.97 Å². The third-order valence-corrected chi connectivity index (χ3v) is 5.60. The summed E-state index contributed by atoms with van der Waals surface area (Å²) in [5, 5.41) is 0. The largest absolute Gasteiger partial charge is 0.355 e. The number of anilines is 2. The van der Waals surface area contributed by atoms with E-state index in [4.69, 9.17) is 9.97 Å². The number of aromatic nitrogens is 2. The summed E-state index contributed by atoms with van der Waals surface area (Å²) >= 11 is 0. The SMILES string of the molecule is CN1CCN(C(=O)CCC2CCCCC2)c2nc3ccccc3nc21. The highest BCUT2D eigenvalue weighted by Crippen LogP contribution is 2.32. The van der Waals surface area contributed by atoms with E-state index >= 15 is 0 Å². The second kappa shape index (κ2) is 6.98. The standard InChI is InChI=1S/C20H26N4O/c1-23-13-14-24(18(25)12-11-15-7-3-2-4-8-15)20-19(23)21-16-9-5-6-10-17(16)22-20/h5-6,9-10,15H,2-4,7-8,11-14H2,1H3. The molecule has 1 fully saturated rings. The van der Waals surface area contributed by atoms with Crippen LogP contribution in [0.15, 0.2) is 24.3 Å². The van der Waals surface area contributed by atoms with Crippen molar-refractivity contribution in [1.29, 1.82) is 0 Å². The first-order chi connectivity index (χ1) is 12.2. The third-order valence-electron chi connectivity index (χ3n) is 5.60. The minimum atomic E-state index is 0.199. The van der Waals surface area contributed by atoms with E-state index in [1.807, 2.05) is 36.2 Å². The molecule has 0 spiro atoms. The fourth-order valence-electron chi connectivity index (χ4n) is 4.06. The quantitative estimate of drug-likeness (QED) is 0.855. The van der Waals surface area contributed by atoms with Crippen LogP contribution in [0, 0.1) is 5.92 Å². The molecule has 0 N–H and O–H groups in total. The van der Waals surface area contributed by atoms with Gasteiger partial charge in [0.15, 0.2) is 11.6 Å². The molecule has 5 heteroatoms. The van der Waals surface area contributed by atoms with Gasteiger partial charge in [-0.3, -0.25) is 9.69 Å². The van der Waals surface area contributed by atoms with Gasteiger partial charge in [-0.15, -0.1) is 0 Å². The van der Waals surface area contributed by atoms with E-state index in [0.717, 1.165) is 41.6 Å². The second-order valence-corrected chi connectivity index (χ2v) is 7.37. The number of hydrogen-bond donors (Lipinski definition) is 0. The van der Waals surface area contributed by atoms with Crippen LogP contribution in [-0.2, 0) is 4.79 Å². The molecular formula is C20H26N4O. The molecule has 1 aromatic heterocycles. The number of hydrogen-bond acceptors (Lipinski definition) is 4. The highest BCUT2D eigenvalue weighted by atomic mass is 16.2. The molecule has 4 rings (SSSR count). The van der Waals surface area contributed by atoms with E-state index < -0.39 is 0 Å². The van der Waals surface area contributed by atoms with Crippen molar-refractivity contribution in [2.75, 3.05) is 29.9 Å². The Morgan fingerprint density at radius 1 is 1.04 bits per heavy atom. The molecule has 0 atom stereocenters. The van der Waals surface area contributed by atoms with Gasteiger partial charge < -0.3 is 4.90 Å². The van der Waals surface area contributed by atoms with Crippen LogP contribution in [-0.4, -0.2) is 36.0 Å². The van der Waals surface area contributed by atoms with E-state index in [2.05, 4.69) is 4.90 Å². The van der Waals surface area contributed by atoms with Gasteiger partial charge in [0.1, 0.15) is 0 Å². The lowest BCUT2D eigenvalue weighted by atomic mass is 9.86. The third kappa shape index (κ3) is 3.32. The molecule has 1 amide bonds. The van der Waals surface area contributed by atoms with E-state index in [1.54, 1.807) is 0 Å². The van der Waals surface area contributed by atoms with Gasteiger partial charge in [0.05, 0.1) is 11.0 Å². The van der Waals surface area contributed by atoms with Crippen LogP contribution in [0.4, 0.5) is 11.6 Å². The Balaban J connectivity index is 1.55. The lowest BCUT2D eigenvalue weighted by molar-refractivity contribution is -0.119. The van der Waals surface area contributed by atoms with Gasteiger partial charge >= 0.3 is 0 Å². The van der Waals surface area contributed by atoms with Gasteiger partial charge in [-0.1, -0.05) is 44.2 Å². The smallest absolute Gasteiger partial charge is 0.228 e. The maximum absolute atomic E-state index is 12.9. The van der Waals surface area contributed by atoms with Crippen molar-refractivity contribution in [3.63, 3.8) is 0 Å². The first-order valence-electron chi connectivity index (χ1n) is 9.50. The average molecular weight is 338 g/mol. The van der Waals surface area contributed by atoms with Crippen LogP contribution < -0.4 is 9.80 Å². The summed E-state index contributed by atoms with van der Waals surface area (Å²) in [5.74, 6) is 2.47. The monoisotopic (exact) mass is 338 g/mol. The highest BCUT2D eigenvalue weighted by molar-refractivity contribution is 5.97. The molecule has 0 unspecified atom stereocenters. The van der Waals surface area contributed by atoms with Crippen LogP contribution in [0.1, 0.15) is 44.9 Å². The van der Waals surface area contributed by atoms with Crippen LogP contribution in [0.5, 0.6) is 0 Å². The topological polar surface area (TPSA) is 49.3 Å². The fourth-order valence-corrected chi connectivity index (χ4v) is 4.06. The van der Waals surface area contributed by atoms with E-state index in [1.165, 1.54) is 32.1 Å². The van der Waals surface area contributed by atoms with Gasteiger partial charge in [-0.05, 0) is 24.5 Å². The van der Waals surface area contributed by atoms with Crippen molar-refractivity contribution in [3.05, 3.63) is 24.3 Å². The molecule has 2 aliphatic rings. The number of rotatable bonds is 3. The molecule has 1 saturated carbocycles. The minimum Gasteiger partial charge on any atom is -0.355 e. The van der Waals surface area contributed by atoms with Crippen LogP contribution in [0.25, 0.3) is 11.0 Å². The molecular weight excluding hydrogens is 312 g/mol. The van der Waals surface area contributed by atoms with Gasteiger partial charge in [-0.2, -0.15) is 0 Å². The molecule has 1 aromatic carbocycles. The predicted octanol–water partition coefficient (Wildman–Crippen LogP) is 3.77. The summed E-state index contributed by atoms with van der Waals surface area (Å²) < 4.78 is 0. The number of nitrogens with zero attached hydrogens (tertiary/aromatic N) is 4. The van der Waals surface area contributed by atoms with Crippen molar-refractivity contribution >= 4 is 28.6 Å². The normalized spacial score (nSPS) is 18.4. The number of carbonyl (C=O) groups is 1. The molecule has 1 aliphatic heterocycles. The van der Waals surface area contributed by atoms with Gasteiger partial charge in [0.2, 0.25) is 5.91 Å². The molecule has 5 nitrogen and oxygen atoms in total. The van der Waals surface area contributed by atoms with E-state index in [0.29, 0.717) is 13.0 Å². The molecule has 2 aromatic rings. The van der Waals surface area contributed by atoms with E-state index in [9.17, 15) is 4.79 Å². The van der Waals surface area contributed by atoms with Crippen LogP contribution in [0.2, 0.25) is 0 Å². The van der Waals surface area contributed by atoms with Crippen molar-refractivity contribution < 1.29 is 4.79 Å². The summed E-state index contributed by atoms with van der Waals surface area (Å²) in [6, 6.07) is 7.87. The molecule has 0 radical (unpaired) electrons. The number of benzene rings is 1. The lowest BCUT2D eigenvalue weighted by Gasteiger charge is -2.34. The second-order valence-electron chi connectivity index (χ2n) is 7.37. The van der Waals surface area contributed by atoms with Crippen molar-refractivity contribution in [1.82, 2.24) is 9.97 Å². The number of likely N-dealkylation sites (N-methyl/N-ethyl adjacent to an activating group) is 1. The zero-order chi connectivity index (χ0) is 17.2. The Bertz CT molecular complexity index is 769. The first kappa shape index (κ1) is 16.3.